The van der Waals surface area contributed by atoms with Gasteiger partial charge in [0.1, 0.15) is 0 Å². The lowest BCUT2D eigenvalue weighted by atomic mass is 9.85. The number of hydrogen-bond acceptors (Lipinski definition) is 3. The molecule has 2 aliphatic rings. The highest BCUT2D eigenvalue weighted by Gasteiger charge is 2.27. The van der Waals surface area contributed by atoms with Crippen LogP contribution in [0.5, 0.6) is 0 Å². The van der Waals surface area contributed by atoms with Gasteiger partial charge in [-0.05, 0) is 18.3 Å². The number of carbonyl (C=O) groups excluding carboxylic acids is 2. The molecular formula is C15H27N3O2. The molecule has 0 radical (unpaired) electrons. The van der Waals surface area contributed by atoms with Gasteiger partial charge in [-0.3, -0.25) is 9.59 Å². The van der Waals surface area contributed by atoms with Crippen molar-refractivity contribution in [2.24, 2.45) is 5.41 Å². The lowest BCUT2D eigenvalue weighted by molar-refractivity contribution is -0.134. The van der Waals surface area contributed by atoms with Crippen LogP contribution >= 0.6 is 0 Å². The van der Waals surface area contributed by atoms with E-state index < -0.39 is 0 Å². The predicted octanol–water partition coefficient (Wildman–Crippen LogP) is 0.847. The number of amides is 2. The summed E-state index contributed by atoms with van der Waals surface area (Å²) in [5.41, 5.74) is 0.243. The second-order valence-electron chi connectivity index (χ2n) is 6.68. The normalized spacial score (nSPS) is 23.6. The van der Waals surface area contributed by atoms with Gasteiger partial charge in [0.15, 0.2) is 0 Å². The van der Waals surface area contributed by atoms with E-state index >= 15 is 0 Å². The summed E-state index contributed by atoms with van der Waals surface area (Å²) in [5, 5.41) is 3.24. The second kappa shape index (κ2) is 6.57. The molecule has 2 amide bonds. The minimum absolute atomic E-state index is 0.183. The van der Waals surface area contributed by atoms with Crippen molar-refractivity contribution >= 4 is 11.8 Å². The maximum absolute atomic E-state index is 12.1. The molecule has 2 saturated heterocycles. The van der Waals surface area contributed by atoms with E-state index in [4.69, 9.17) is 0 Å². The second-order valence-corrected chi connectivity index (χ2v) is 6.68. The first kappa shape index (κ1) is 15.3. The summed E-state index contributed by atoms with van der Waals surface area (Å²) in [7, 11) is 0. The third-order valence-corrected chi connectivity index (χ3v) is 4.49. The van der Waals surface area contributed by atoms with Gasteiger partial charge in [-0.1, -0.05) is 13.8 Å². The fraction of sp³-hybridized carbons (Fsp3) is 0.867. The van der Waals surface area contributed by atoms with Crippen LogP contribution in [0.2, 0.25) is 0 Å². The van der Waals surface area contributed by atoms with Crippen LogP contribution in [0.4, 0.5) is 0 Å². The van der Waals surface area contributed by atoms with Crippen molar-refractivity contribution in [2.45, 2.75) is 39.5 Å². The summed E-state index contributed by atoms with van der Waals surface area (Å²) in [4.78, 5) is 28.0. The van der Waals surface area contributed by atoms with E-state index in [-0.39, 0.29) is 17.2 Å². The smallest absolute Gasteiger partial charge is 0.224 e. The molecule has 2 heterocycles. The van der Waals surface area contributed by atoms with Crippen molar-refractivity contribution in [1.29, 1.82) is 0 Å². The number of rotatable bonds is 3. The molecule has 2 aliphatic heterocycles. The third kappa shape index (κ3) is 4.20. The Balaban J connectivity index is 1.80. The van der Waals surface area contributed by atoms with E-state index in [9.17, 15) is 9.59 Å². The van der Waals surface area contributed by atoms with Crippen molar-refractivity contribution in [2.75, 3.05) is 39.3 Å². The molecule has 0 aromatic carbocycles. The zero-order valence-electron chi connectivity index (χ0n) is 12.8. The number of nitrogens with one attached hydrogen (secondary N) is 1. The molecule has 2 fully saturated rings. The SMILES string of the molecule is CC1(C)CCC(=O)N(CCC(=O)N2CCNCC2)CC1. The molecule has 0 saturated carbocycles. The predicted molar refractivity (Wildman–Crippen MR) is 78.3 cm³/mol. The molecule has 1 N–H and O–H groups in total. The highest BCUT2D eigenvalue weighted by molar-refractivity contribution is 5.79. The summed E-state index contributed by atoms with van der Waals surface area (Å²) in [6.07, 6.45) is 3.07. The van der Waals surface area contributed by atoms with Gasteiger partial charge < -0.3 is 15.1 Å². The summed E-state index contributed by atoms with van der Waals surface area (Å²) >= 11 is 0. The fourth-order valence-corrected chi connectivity index (χ4v) is 2.83. The lowest BCUT2D eigenvalue weighted by Crippen LogP contribution is -2.47. The van der Waals surface area contributed by atoms with Crippen molar-refractivity contribution in [3.8, 4) is 0 Å². The Morgan fingerprint density at radius 1 is 1.20 bits per heavy atom. The van der Waals surface area contributed by atoms with Gasteiger partial charge in [-0.15, -0.1) is 0 Å². The monoisotopic (exact) mass is 281 g/mol. The molecule has 5 nitrogen and oxygen atoms in total. The Bertz CT molecular complexity index is 362. The average molecular weight is 281 g/mol. The largest absolute Gasteiger partial charge is 0.342 e. The molecule has 0 aromatic heterocycles. The first-order valence-corrected chi connectivity index (χ1v) is 7.74. The first-order chi connectivity index (χ1) is 9.48. The van der Waals surface area contributed by atoms with Gasteiger partial charge in [-0.2, -0.15) is 0 Å². The van der Waals surface area contributed by atoms with E-state index in [1.807, 2.05) is 9.80 Å². The highest BCUT2D eigenvalue weighted by atomic mass is 16.2. The number of hydrogen-bond donors (Lipinski definition) is 1. The van der Waals surface area contributed by atoms with Gasteiger partial charge in [0, 0.05) is 52.1 Å². The number of carbonyl (C=O) groups is 2. The standard InChI is InChI=1S/C15H27N3O2/c1-15(2)5-3-13(19)17(10-6-15)9-4-14(20)18-11-7-16-8-12-18/h16H,3-12H2,1-2H3. The van der Waals surface area contributed by atoms with Crippen molar-refractivity contribution in [3.05, 3.63) is 0 Å². The fourth-order valence-electron chi connectivity index (χ4n) is 2.83. The molecule has 0 unspecified atom stereocenters. The van der Waals surface area contributed by atoms with Crippen molar-refractivity contribution in [1.82, 2.24) is 15.1 Å². The Hall–Kier alpha value is -1.10. The maximum Gasteiger partial charge on any atom is 0.224 e. The van der Waals surface area contributed by atoms with E-state index in [2.05, 4.69) is 19.2 Å². The molecule has 0 spiro atoms. The van der Waals surface area contributed by atoms with Gasteiger partial charge in [-0.25, -0.2) is 0 Å². The Kier molecular flexibility index (Phi) is 5.02. The molecule has 114 valence electrons. The Morgan fingerprint density at radius 3 is 2.60 bits per heavy atom. The molecule has 0 bridgehead atoms. The lowest BCUT2D eigenvalue weighted by Gasteiger charge is -2.29. The van der Waals surface area contributed by atoms with Crippen LogP contribution in [0.1, 0.15) is 39.5 Å². The van der Waals surface area contributed by atoms with E-state index in [1.54, 1.807) is 0 Å². The quantitative estimate of drug-likeness (QED) is 0.834. The Morgan fingerprint density at radius 2 is 1.90 bits per heavy atom. The first-order valence-electron chi connectivity index (χ1n) is 7.74. The van der Waals surface area contributed by atoms with Crippen LogP contribution in [-0.2, 0) is 9.59 Å². The molecule has 0 atom stereocenters. The van der Waals surface area contributed by atoms with Crippen LogP contribution in [0, 0.1) is 5.41 Å². The van der Waals surface area contributed by atoms with Gasteiger partial charge in [0.25, 0.3) is 0 Å². The van der Waals surface area contributed by atoms with Gasteiger partial charge in [0.2, 0.25) is 11.8 Å². The third-order valence-electron chi connectivity index (χ3n) is 4.49. The van der Waals surface area contributed by atoms with Crippen LogP contribution in [-0.4, -0.2) is 60.9 Å². The van der Waals surface area contributed by atoms with Crippen molar-refractivity contribution in [3.63, 3.8) is 0 Å². The van der Waals surface area contributed by atoms with Crippen LogP contribution in [0.25, 0.3) is 0 Å². The molecule has 20 heavy (non-hydrogen) atoms. The summed E-state index contributed by atoms with van der Waals surface area (Å²) < 4.78 is 0. The molecule has 2 rings (SSSR count). The molecule has 0 aliphatic carbocycles. The van der Waals surface area contributed by atoms with E-state index in [1.165, 1.54) is 0 Å². The topological polar surface area (TPSA) is 52.7 Å². The molecule has 0 aromatic rings. The zero-order valence-corrected chi connectivity index (χ0v) is 12.8. The van der Waals surface area contributed by atoms with E-state index in [0.717, 1.165) is 45.6 Å². The molecular weight excluding hydrogens is 254 g/mol. The van der Waals surface area contributed by atoms with E-state index in [0.29, 0.717) is 19.4 Å². The van der Waals surface area contributed by atoms with Gasteiger partial charge >= 0.3 is 0 Å². The minimum atomic E-state index is 0.183. The average Bonchev–Trinajstić information content (AvgIpc) is 2.57. The maximum atomic E-state index is 12.1. The Labute approximate surface area is 121 Å². The molecule has 5 heteroatoms. The highest BCUT2D eigenvalue weighted by Crippen LogP contribution is 2.30. The van der Waals surface area contributed by atoms with Gasteiger partial charge in [0.05, 0.1) is 0 Å². The van der Waals surface area contributed by atoms with Crippen LogP contribution in [0.15, 0.2) is 0 Å². The number of likely N-dealkylation sites (tertiary alicyclic amines) is 1. The van der Waals surface area contributed by atoms with Crippen molar-refractivity contribution < 1.29 is 9.59 Å². The number of piperazine rings is 1. The summed E-state index contributed by atoms with van der Waals surface area (Å²) in [5.74, 6) is 0.395. The zero-order chi connectivity index (χ0) is 14.6. The number of nitrogens with zero attached hydrogens (tertiary/aromatic N) is 2. The van der Waals surface area contributed by atoms with Crippen LogP contribution < -0.4 is 5.32 Å². The van der Waals surface area contributed by atoms with Crippen LogP contribution in [0.3, 0.4) is 0 Å². The summed E-state index contributed by atoms with van der Waals surface area (Å²) in [6.45, 7) is 9.15. The summed E-state index contributed by atoms with van der Waals surface area (Å²) in [6, 6.07) is 0. The minimum Gasteiger partial charge on any atom is -0.342 e.